The van der Waals surface area contributed by atoms with Gasteiger partial charge in [-0.05, 0) is 49.8 Å². The molecule has 24 heavy (non-hydrogen) atoms. The highest BCUT2D eigenvalue weighted by molar-refractivity contribution is 7.09. The molecule has 4 rings (SSSR count). The molecule has 1 amide bonds. The van der Waals surface area contributed by atoms with Crippen LogP contribution in [0.2, 0.25) is 0 Å². The minimum Gasteiger partial charge on any atom is -0.312 e. The number of nitrogens with zero attached hydrogens (tertiary/aromatic N) is 2. The molecule has 1 aromatic carbocycles. The number of hydrogen-bond donors (Lipinski definition) is 1. The molecule has 0 bridgehead atoms. The maximum Gasteiger partial charge on any atom is 0.227 e. The predicted octanol–water partition coefficient (Wildman–Crippen LogP) is 4.07. The van der Waals surface area contributed by atoms with E-state index in [-0.39, 0.29) is 11.9 Å². The Hall–Kier alpha value is -1.72. The van der Waals surface area contributed by atoms with Crippen LogP contribution in [0.15, 0.2) is 35.8 Å². The molecule has 2 aromatic rings. The van der Waals surface area contributed by atoms with Crippen molar-refractivity contribution < 1.29 is 4.79 Å². The first-order valence-electron chi connectivity index (χ1n) is 8.78. The molecule has 1 saturated carbocycles. The van der Waals surface area contributed by atoms with Gasteiger partial charge in [0, 0.05) is 36.3 Å². The molecule has 4 nitrogen and oxygen atoms in total. The molecular formula is C19H23N3OS. The normalized spacial score (nSPS) is 20.4. The second-order valence-electron chi connectivity index (χ2n) is 6.81. The van der Waals surface area contributed by atoms with Gasteiger partial charge in [-0.1, -0.05) is 12.1 Å². The lowest BCUT2D eigenvalue weighted by atomic mass is 10.1. The van der Waals surface area contributed by atoms with Crippen LogP contribution in [0, 0.1) is 5.92 Å². The number of nitrogens with one attached hydrogen (secondary N) is 1. The van der Waals surface area contributed by atoms with Crippen LogP contribution in [0.25, 0.3) is 0 Å². The zero-order valence-electron chi connectivity index (χ0n) is 13.9. The van der Waals surface area contributed by atoms with Crippen LogP contribution in [0.5, 0.6) is 0 Å². The van der Waals surface area contributed by atoms with Gasteiger partial charge in [0.25, 0.3) is 0 Å². The largest absolute Gasteiger partial charge is 0.312 e. The van der Waals surface area contributed by atoms with Gasteiger partial charge in [-0.15, -0.1) is 11.3 Å². The second-order valence-corrected chi connectivity index (χ2v) is 7.74. The molecule has 1 aliphatic carbocycles. The van der Waals surface area contributed by atoms with Crippen LogP contribution in [-0.2, 0) is 4.79 Å². The van der Waals surface area contributed by atoms with E-state index < -0.39 is 0 Å². The van der Waals surface area contributed by atoms with Crippen molar-refractivity contribution in [3.8, 4) is 0 Å². The number of thiazole rings is 1. The highest BCUT2D eigenvalue weighted by Gasteiger charge is 2.34. The lowest BCUT2D eigenvalue weighted by Crippen LogP contribution is -2.26. The highest BCUT2D eigenvalue weighted by Crippen LogP contribution is 2.42. The van der Waals surface area contributed by atoms with E-state index in [1.54, 1.807) is 11.3 Å². The third kappa shape index (κ3) is 3.23. The van der Waals surface area contributed by atoms with Gasteiger partial charge in [0.1, 0.15) is 5.01 Å². The Bertz CT molecular complexity index is 694. The number of anilines is 1. The molecule has 1 aliphatic heterocycles. The zero-order chi connectivity index (χ0) is 16.5. The number of aromatic nitrogens is 1. The maximum atomic E-state index is 11.9. The predicted molar refractivity (Wildman–Crippen MR) is 97.2 cm³/mol. The average Bonchev–Trinajstić information content (AvgIpc) is 3.11. The van der Waals surface area contributed by atoms with Crippen molar-refractivity contribution in [1.82, 2.24) is 10.3 Å². The van der Waals surface area contributed by atoms with Crippen molar-refractivity contribution in [3.63, 3.8) is 0 Å². The van der Waals surface area contributed by atoms with Gasteiger partial charge in [-0.25, -0.2) is 4.98 Å². The molecule has 126 valence electrons. The van der Waals surface area contributed by atoms with Crippen molar-refractivity contribution in [2.45, 2.75) is 44.7 Å². The van der Waals surface area contributed by atoms with Gasteiger partial charge in [0.15, 0.2) is 0 Å². The molecule has 2 aliphatic rings. The van der Waals surface area contributed by atoms with E-state index in [1.807, 2.05) is 11.1 Å². The lowest BCUT2D eigenvalue weighted by Gasteiger charge is -2.23. The first kappa shape index (κ1) is 15.8. The maximum absolute atomic E-state index is 11.9. The Labute approximate surface area is 146 Å². The molecular weight excluding hydrogens is 318 g/mol. The number of carbonyl (C=O) groups is 1. The van der Waals surface area contributed by atoms with Crippen molar-refractivity contribution in [2.24, 2.45) is 5.92 Å². The van der Waals surface area contributed by atoms with Crippen LogP contribution in [0.1, 0.15) is 55.3 Å². The van der Waals surface area contributed by atoms with Crippen LogP contribution in [-0.4, -0.2) is 17.4 Å². The molecule has 2 heterocycles. The van der Waals surface area contributed by atoms with Crippen molar-refractivity contribution >= 4 is 22.9 Å². The summed E-state index contributed by atoms with van der Waals surface area (Å²) in [5, 5.41) is 7.02. The molecule has 1 saturated heterocycles. The third-order valence-electron chi connectivity index (χ3n) is 5.02. The number of amides is 1. The van der Waals surface area contributed by atoms with E-state index in [2.05, 4.69) is 46.9 Å². The summed E-state index contributed by atoms with van der Waals surface area (Å²) in [5.41, 5.74) is 2.28. The Kier molecular flexibility index (Phi) is 4.37. The van der Waals surface area contributed by atoms with Crippen molar-refractivity contribution in [2.75, 3.05) is 11.4 Å². The first-order chi connectivity index (χ1) is 11.7. The summed E-state index contributed by atoms with van der Waals surface area (Å²) in [4.78, 5) is 18.3. The first-order valence-corrected chi connectivity index (χ1v) is 9.66. The fourth-order valence-electron chi connectivity index (χ4n) is 3.46. The summed E-state index contributed by atoms with van der Waals surface area (Å²) in [6, 6.07) is 9.07. The molecule has 1 N–H and O–H groups in total. The van der Waals surface area contributed by atoms with Gasteiger partial charge in [0.05, 0.1) is 6.04 Å². The van der Waals surface area contributed by atoms with Crippen LogP contribution < -0.4 is 10.2 Å². The van der Waals surface area contributed by atoms with E-state index in [0.29, 0.717) is 12.5 Å². The monoisotopic (exact) mass is 341 g/mol. The topological polar surface area (TPSA) is 45.2 Å². The van der Waals surface area contributed by atoms with Gasteiger partial charge in [-0.3, -0.25) is 4.79 Å². The van der Waals surface area contributed by atoms with Gasteiger partial charge in [0.2, 0.25) is 5.91 Å². The summed E-state index contributed by atoms with van der Waals surface area (Å²) in [5.74, 6) is 0.964. The minimum absolute atomic E-state index is 0.242. The smallest absolute Gasteiger partial charge is 0.227 e. The van der Waals surface area contributed by atoms with E-state index in [1.165, 1.54) is 23.4 Å². The second kappa shape index (κ2) is 6.65. The highest BCUT2D eigenvalue weighted by atomic mass is 32.1. The van der Waals surface area contributed by atoms with E-state index in [9.17, 15) is 4.79 Å². The van der Waals surface area contributed by atoms with Crippen LogP contribution in [0.3, 0.4) is 0 Å². The fraction of sp³-hybridized carbons (Fsp3) is 0.474. The summed E-state index contributed by atoms with van der Waals surface area (Å²) in [7, 11) is 0. The number of hydrogen-bond acceptors (Lipinski definition) is 4. The Morgan fingerprint density at radius 3 is 2.67 bits per heavy atom. The van der Waals surface area contributed by atoms with Gasteiger partial charge < -0.3 is 10.2 Å². The molecule has 2 atom stereocenters. The summed E-state index contributed by atoms with van der Waals surface area (Å²) in [6.45, 7) is 3.05. The lowest BCUT2D eigenvalue weighted by molar-refractivity contribution is -0.117. The number of benzene rings is 1. The Morgan fingerprint density at radius 1 is 1.29 bits per heavy atom. The molecule has 1 aromatic heterocycles. The third-order valence-corrected chi connectivity index (χ3v) is 5.88. The Balaban J connectivity index is 1.46. The van der Waals surface area contributed by atoms with Crippen LogP contribution >= 0.6 is 11.3 Å². The summed E-state index contributed by atoms with van der Waals surface area (Å²) in [6.07, 6.45) is 6.12. The van der Waals surface area contributed by atoms with Crippen LogP contribution in [0.4, 0.5) is 5.69 Å². The Morgan fingerprint density at radius 2 is 2.08 bits per heavy atom. The minimum atomic E-state index is 0.242. The molecule has 5 heteroatoms. The van der Waals surface area contributed by atoms with Gasteiger partial charge in [-0.2, -0.15) is 0 Å². The molecule has 2 fully saturated rings. The molecule has 0 spiro atoms. The van der Waals surface area contributed by atoms with E-state index in [0.717, 1.165) is 24.6 Å². The van der Waals surface area contributed by atoms with E-state index >= 15 is 0 Å². The molecule has 0 radical (unpaired) electrons. The van der Waals surface area contributed by atoms with Crippen molar-refractivity contribution in [1.29, 1.82) is 0 Å². The number of rotatable bonds is 6. The number of carbonyl (C=O) groups excluding carboxylic acids is 1. The SMILES string of the molecule is CC(NC(c1nccs1)C1CC1)c1ccc(N2CCCC2=O)cc1. The van der Waals surface area contributed by atoms with Gasteiger partial charge >= 0.3 is 0 Å². The van der Waals surface area contributed by atoms with Crippen molar-refractivity contribution in [3.05, 3.63) is 46.4 Å². The standard InChI is InChI=1S/C19H23N3OS/c1-13(21-18(15-4-5-15)19-20-10-12-24-19)14-6-8-16(9-7-14)22-11-2-3-17(22)23/h6-10,12-13,15,18,21H,2-5,11H2,1H3. The molecule has 2 unspecified atom stereocenters. The quantitative estimate of drug-likeness (QED) is 0.861. The summed E-state index contributed by atoms with van der Waals surface area (Å²) < 4.78 is 0. The summed E-state index contributed by atoms with van der Waals surface area (Å²) >= 11 is 1.74. The average molecular weight is 341 g/mol. The fourth-order valence-corrected chi connectivity index (χ4v) is 4.25. The zero-order valence-corrected chi connectivity index (χ0v) is 14.8. The van der Waals surface area contributed by atoms with E-state index in [4.69, 9.17) is 0 Å².